The lowest BCUT2D eigenvalue weighted by Crippen LogP contribution is -2.34. The lowest BCUT2D eigenvalue weighted by Gasteiger charge is -2.30. The minimum Gasteiger partial charge on any atom is -0.497 e. The summed E-state index contributed by atoms with van der Waals surface area (Å²) in [5.74, 6) is 3.47. The molecule has 1 fully saturated rings. The third kappa shape index (κ3) is 4.84. The minimum atomic E-state index is 0.807. The van der Waals surface area contributed by atoms with Gasteiger partial charge in [0.2, 0.25) is 5.95 Å². The summed E-state index contributed by atoms with van der Waals surface area (Å²) in [7, 11) is 1.70. The summed E-state index contributed by atoms with van der Waals surface area (Å²) in [6.07, 6.45) is 3.36. The van der Waals surface area contributed by atoms with Gasteiger partial charge in [-0.15, -0.1) is 0 Å². The van der Waals surface area contributed by atoms with Gasteiger partial charge in [-0.25, -0.2) is 4.98 Å². The Morgan fingerprint density at radius 2 is 2.00 bits per heavy atom. The van der Waals surface area contributed by atoms with Crippen LogP contribution in [0.25, 0.3) is 0 Å². The van der Waals surface area contributed by atoms with E-state index in [0.717, 1.165) is 55.2 Å². The standard InChI is InChI=1S/C20H28N4O/c1-15-8-11-24(12-9-15)20-22-16(2)13-19(23-20)21-10-7-17-5-4-6-18(14-17)25-3/h4-6,13-15H,7-12H2,1-3H3,(H,21,22,23). The Hall–Kier alpha value is -2.30. The van der Waals surface area contributed by atoms with Crippen LogP contribution >= 0.6 is 0 Å². The fourth-order valence-electron chi connectivity index (χ4n) is 3.16. The van der Waals surface area contributed by atoms with Crippen LogP contribution < -0.4 is 15.0 Å². The second-order valence-electron chi connectivity index (χ2n) is 6.89. The van der Waals surface area contributed by atoms with Crippen LogP contribution in [-0.2, 0) is 6.42 Å². The maximum absolute atomic E-state index is 5.28. The first-order valence-electron chi connectivity index (χ1n) is 9.11. The Morgan fingerprint density at radius 3 is 2.76 bits per heavy atom. The number of rotatable bonds is 6. The summed E-state index contributed by atoms with van der Waals surface area (Å²) in [6.45, 7) is 7.28. The Morgan fingerprint density at radius 1 is 1.20 bits per heavy atom. The molecule has 2 aromatic rings. The smallest absolute Gasteiger partial charge is 0.227 e. The summed E-state index contributed by atoms with van der Waals surface area (Å²) in [5.41, 5.74) is 2.26. The lowest BCUT2D eigenvalue weighted by atomic mass is 10.00. The number of methoxy groups -OCH3 is 1. The van der Waals surface area contributed by atoms with Crippen molar-refractivity contribution in [3.63, 3.8) is 0 Å². The number of hydrogen-bond acceptors (Lipinski definition) is 5. The molecule has 3 rings (SSSR count). The number of anilines is 2. The molecule has 5 heteroatoms. The number of aromatic nitrogens is 2. The second-order valence-corrected chi connectivity index (χ2v) is 6.89. The molecule has 1 saturated heterocycles. The van der Waals surface area contributed by atoms with E-state index in [2.05, 4.69) is 34.3 Å². The van der Waals surface area contributed by atoms with E-state index in [1.807, 2.05) is 25.1 Å². The van der Waals surface area contributed by atoms with Crippen LogP contribution in [0.1, 0.15) is 31.0 Å². The van der Waals surface area contributed by atoms with E-state index in [9.17, 15) is 0 Å². The quantitative estimate of drug-likeness (QED) is 0.869. The zero-order chi connectivity index (χ0) is 17.6. The minimum absolute atomic E-state index is 0.807. The average molecular weight is 340 g/mol. The molecular formula is C20H28N4O. The largest absolute Gasteiger partial charge is 0.497 e. The number of ether oxygens (including phenoxy) is 1. The molecule has 0 amide bonds. The highest BCUT2D eigenvalue weighted by atomic mass is 16.5. The molecule has 0 bridgehead atoms. The van der Waals surface area contributed by atoms with Crippen LogP contribution in [-0.4, -0.2) is 36.7 Å². The van der Waals surface area contributed by atoms with Crippen molar-refractivity contribution >= 4 is 11.8 Å². The monoisotopic (exact) mass is 340 g/mol. The molecule has 0 radical (unpaired) electrons. The van der Waals surface area contributed by atoms with Gasteiger partial charge in [-0.3, -0.25) is 0 Å². The van der Waals surface area contributed by atoms with Crippen LogP contribution in [0.3, 0.4) is 0 Å². The molecular weight excluding hydrogens is 312 g/mol. The van der Waals surface area contributed by atoms with E-state index < -0.39 is 0 Å². The van der Waals surface area contributed by atoms with Gasteiger partial charge in [0.25, 0.3) is 0 Å². The van der Waals surface area contributed by atoms with Crippen LogP contribution in [0.4, 0.5) is 11.8 Å². The van der Waals surface area contributed by atoms with E-state index >= 15 is 0 Å². The van der Waals surface area contributed by atoms with Gasteiger partial charge in [0.05, 0.1) is 7.11 Å². The maximum atomic E-state index is 5.28. The molecule has 0 saturated carbocycles. The highest BCUT2D eigenvalue weighted by molar-refractivity contribution is 5.44. The molecule has 1 aromatic heterocycles. The van der Waals surface area contributed by atoms with Crippen molar-refractivity contribution in [1.29, 1.82) is 0 Å². The third-order valence-corrected chi connectivity index (χ3v) is 4.76. The lowest BCUT2D eigenvalue weighted by molar-refractivity contribution is 0.414. The predicted molar refractivity (Wildman–Crippen MR) is 103 cm³/mol. The molecule has 1 aliphatic heterocycles. The fraction of sp³-hybridized carbons (Fsp3) is 0.500. The number of nitrogens with one attached hydrogen (secondary N) is 1. The van der Waals surface area contributed by atoms with Crippen molar-refractivity contribution in [2.75, 3.05) is 37.0 Å². The van der Waals surface area contributed by atoms with Crippen molar-refractivity contribution in [2.45, 2.75) is 33.1 Å². The van der Waals surface area contributed by atoms with Crippen molar-refractivity contribution in [3.8, 4) is 5.75 Å². The van der Waals surface area contributed by atoms with Gasteiger partial charge in [0, 0.05) is 31.4 Å². The fourth-order valence-corrected chi connectivity index (χ4v) is 3.16. The molecule has 0 spiro atoms. The highest BCUT2D eigenvalue weighted by Gasteiger charge is 2.18. The van der Waals surface area contributed by atoms with Gasteiger partial charge in [0.15, 0.2) is 0 Å². The summed E-state index contributed by atoms with van der Waals surface area (Å²) in [4.78, 5) is 11.7. The first-order valence-corrected chi connectivity index (χ1v) is 9.11. The summed E-state index contributed by atoms with van der Waals surface area (Å²) < 4.78 is 5.28. The molecule has 0 unspecified atom stereocenters. The van der Waals surface area contributed by atoms with Gasteiger partial charge in [0.1, 0.15) is 11.6 Å². The number of hydrogen-bond donors (Lipinski definition) is 1. The topological polar surface area (TPSA) is 50.3 Å². The maximum Gasteiger partial charge on any atom is 0.227 e. The second kappa shape index (κ2) is 8.19. The van der Waals surface area contributed by atoms with Crippen LogP contribution in [0.15, 0.2) is 30.3 Å². The number of piperidine rings is 1. The molecule has 134 valence electrons. The number of benzene rings is 1. The summed E-state index contributed by atoms with van der Waals surface area (Å²) >= 11 is 0. The van der Waals surface area contributed by atoms with Gasteiger partial charge >= 0.3 is 0 Å². The van der Waals surface area contributed by atoms with Gasteiger partial charge < -0.3 is 15.0 Å². The van der Waals surface area contributed by atoms with Crippen LogP contribution in [0, 0.1) is 12.8 Å². The Labute approximate surface area is 150 Å². The third-order valence-electron chi connectivity index (χ3n) is 4.76. The van der Waals surface area contributed by atoms with Crippen molar-refractivity contribution in [1.82, 2.24) is 9.97 Å². The molecule has 0 atom stereocenters. The molecule has 25 heavy (non-hydrogen) atoms. The first-order chi connectivity index (χ1) is 12.1. The predicted octanol–water partition coefficient (Wildman–Crippen LogP) is 3.68. The highest BCUT2D eigenvalue weighted by Crippen LogP contribution is 2.21. The van der Waals surface area contributed by atoms with E-state index in [4.69, 9.17) is 9.72 Å². The molecule has 2 heterocycles. The van der Waals surface area contributed by atoms with Gasteiger partial charge in [-0.1, -0.05) is 19.1 Å². The van der Waals surface area contributed by atoms with Gasteiger partial charge in [-0.05, 0) is 49.8 Å². The normalized spacial score (nSPS) is 15.2. The molecule has 1 aromatic carbocycles. The number of nitrogens with zero attached hydrogens (tertiary/aromatic N) is 3. The Kier molecular flexibility index (Phi) is 5.74. The zero-order valence-electron chi connectivity index (χ0n) is 15.5. The van der Waals surface area contributed by atoms with E-state index in [1.54, 1.807) is 7.11 Å². The van der Waals surface area contributed by atoms with Crippen molar-refractivity contribution in [3.05, 3.63) is 41.6 Å². The Balaban J connectivity index is 1.60. The molecule has 1 aliphatic rings. The Bertz CT molecular complexity index is 696. The average Bonchev–Trinajstić information content (AvgIpc) is 2.62. The van der Waals surface area contributed by atoms with Crippen molar-refractivity contribution in [2.24, 2.45) is 5.92 Å². The molecule has 5 nitrogen and oxygen atoms in total. The zero-order valence-corrected chi connectivity index (χ0v) is 15.5. The van der Waals surface area contributed by atoms with Crippen LogP contribution in [0.5, 0.6) is 5.75 Å². The molecule has 1 N–H and O–H groups in total. The van der Waals surface area contributed by atoms with E-state index in [1.165, 1.54) is 18.4 Å². The van der Waals surface area contributed by atoms with Crippen molar-refractivity contribution < 1.29 is 4.74 Å². The summed E-state index contributed by atoms with van der Waals surface area (Å²) in [5, 5.41) is 3.44. The first kappa shape index (κ1) is 17.5. The van der Waals surface area contributed by atoms with E-state index in [0.29, 0.717) is 0 Å². The summed E-state index contributed by atoms with van der Waals surface area (Å²) in [6, 6.07) is 10.2. The number of aryl methyl sites for hydroxylation is 1. The van der Waals surface area contributed by atoms with Gasteiger partial charge in [-0.2, -0.15) is 4.98 Å². The van der Waals surface area contributed by atoms with E-state index in [-0.39, 0.29) is 0 Å². The molecule has 0 aliphatic carbocycles. The SMILES string of the molecule is COc1cccc(CCNc2cc(C)nc(N3CCC(C)CC3)n2)c1. The van der Waals surface area contributed by atoms with Crippen LogP contribution in [0.2, 0.25) is 0 Å².